The van der Waals surface area contributed by atoms with Gasteiger partial charge in [-0.25, -0.2) is 14.1 Å². The summed E-state index contributed by atoms with van der Waals surface area (Å²) in [6.45, 7) is 6.06. The van der Waals surface area contributed by atoms with E-state index in [4.69, 9.17) is 4.98 Å². The predicted molar refractivity (Wildman–Crippen MR) is 115 cm³/mol. The fraction of sp³-hybridized carbons (Fsp3) is 0.318. The third-order valence-electron chi connectivity index (χ3n) is 4.40. The Hall–Kier alpha value is -2.43. The number of carbonyl (C=O) groups excluding carboxylic acids is 1. The first-order valence-corrected chi connectivity index (χ1v) is 11.2. The molecule has 4 rings (SSSR count). The molecule has 0 saturated heterocycles. The van der Waals surface area contributed by atoms with Crippen LogP contribution in [0.2, 0.25) is 0 Å². The summed E-state index contributed by atoms with van der Waals surface area (Å²) in [5.74, 6) is 6.61. The van der Waals surface area contributed by atoms with Gasteiger partial charge in [0, 0.05) is 16.7 Å². The van der Waals surface area contributed by atoms with Crippen molar-refractivity contribution >= 4 is 29.4 Å². The monoisotopic (exact) mass is 425 g/mol. The minimum atomic E-state index is -0.353. The van der Waals surface area contributed by atoms with E-state index in [1.165, 1.54) is 23.5 Å². The summed E-state index contributed by atoms with van der Waals surface area (Å²) in [6, 6.07) is 6.20. The SMILES string of the molecule is Cc1nn(-c2nc(C#CC3CC3)c(SC(C)C)s2)c(C=O)c1-c1cccc(F)c1. The molecule has 2 aromatic heterocycles. The van der Waals surface area contributed by atoms with Gasteiger partial charge < -0.3 is 0 Å². The molecule has 1 fully saturated rings. The zero-order valence-electron chi connectivity index (χ0n) is 16.4. The molecule has 0 spiro atoms. The first-order valence-electron chi connectivity index (χ1n) is 9.46. The number of hydrogen-bond acceptors (Lipinski definition) is 5. The van der Waals surface area contributed by atoms with E-state index < -0.39 is 0 Å². The molecular formula is C22H20FN3OS2. The molecule has 2 heterocycles. The van der Waals surface area contributed by atoms with E-state index in [1.54, 1.807) is 28.6 Å². The fourth-order valence-corrected chi connectivity index (χ4v) is 5.31. The number of aromatic nitrogens is 3. The molecule has 1 aromatic carbocycles. The normalized spacial score (nSPS) is 13.4. The zero-order valence-corrected chi connectivity index (χ0v) is 18.0. The third-order valence-corrected chi connectivity index (χ3v) is 6.64. The van der Waals surface area contributed by atoms with E-state index in [2.05, 4.69) is 30.8 Å². The van der Waals surface area contributed by atoms with Crippen molar-refractivity contribution in [2.24, 2.45) is 5.92 Å². The molecular weight excluding hydrogens is 405 g/mol. The molecule has 0 bridgehead atoms. The topological polar surface area (TPSA) is 47.8 Å². The van der Waals surface area contributed by atoms with Gasteiger partial charge in [-0.2, -0.15) is 5.10 Å². The van der Waals surface area contributed by atoms with Crippen molar-refractivity contribution in [3.05, 3.63) is 47.2 Å². The average molecular weight is 426 g/mol. The average Bonchev–Trinajstić information content (AvgIpc) is 3.33. The molecule has 1 aliphatic rings. The summed E-state index contributed by atoms with van der Waals surface area (Å²) in [6.07, 6.45) is 3.06. The highest BCUT2D eigenvalue weighted by Gasteiger charge is 2.22. The van der Waals surface area contributed by atoms with Crippen LogP contribution >= 0.6 is 23.1 Å². The Morgan fingerprint density at radius 2 is 2.17 bits per heavy atom. The number of aryl methyl sites for hydroxylation is 1. The van der Waals surface area contributed by atoms with Crippen LogP contribution in [-0.4, -0.2) is 26.3 Å². The summed E-state index contributed by atoms with van der Waals surface area (Å²) in [5, 5.41) is 5.54. The molecule has 1 aliphatic carbocycles. The van der Waals surface area contributed by atoms with Crippen LogP contribution in [0.1, 0.15) is 48.6 Å². The fourth-order valence-electron chi connectivity index (χ4n) is 2.96. The van der Waals surface area contributed by atoms with Gasteiger partial charge in [-0.15, -0.1) is 11.8 Å². The van der Waals surface area contributed by atoms with Crippen molar-refractivity contribution in [1.82, 2.24) is 14.8 Å². The lowest BCUT2D eigenvalue weighted by atomic mass is 10.0. The van der Waals surface area contributed by atoms with E-state index in [0.717, 1.165) is 29.0 Å². The third kappa shape index (κ3) is 4.29. The van der Waals surface area contributed by atoms with E-state index in [0.29, 0.717) is 38.8 Å². The lowest BCUT2D eigenvalue weighted by Gasteiger charge is -2.02. The zero-order chi connectivity index (χ0) is 20.5. The van der Waals surface area contributed by atoms with Gasteiger partial charge in [0.2, 0.25) is 5.13 Å². The van der Waals surface area contributed by atoms with Gasteiger partial charge in [-0.1, -0.05) is 43.2 Å². The molecule has 0 N–H and O–H groups in total. The van der Waals surface area contributed by atoms with Crippen LogP contribution in [0.4, 0.5) is 4.39 Å². The van der Waals surface area contributed by atoms with Crippen LogP contribution < -0.4 is 0 Å². The summed E-state index contributed by atoms with van der Waals surface area (Å²) >= 11 is 3.19. The number of halogens is 1. The molecule has 29 heavy (non-hydrogen) atoms. The molecule has 148 valence electrons. The molecule has 4 nitrogen and oxygen atoms in total. The highest BCUT2D eigenvalue weighted by Crippen LogP contribution is 2.36. The van der Waals surface area contributed by atoms with Crippen molar-refractivity contribution in [3.8, 4) is 28.1 Å². The van der Waals surface area contributed by atoms with E-state index in [1.807, 2.05) is 6.92 Å². The van der Waals surface area contributed by atoms with Crippen LogP contribution in [0.15, 0.2) is 28.5 Å². The van der Waals surface area contributed by atoms with Crippen LogP contribution in [-0.2, 0) is 0 Å². The highest BCUT2D eigenvalue weighted by atomic mass is 32.2. The number of aldehydes is 1. The Morgan fingerprint density at radius 1 is 1.38 bits per heavy atom. The number of rotatable bonds is 5. The number of nitrogens with zero attached hydrogens (tertiary/aromatic N) is 3. The van der Waals surface area contributed by atoms with E-state index >= 15 is 0 Å². The molecule has 0 aliphatic heterocycles. The summed E-state index contributed by atoms with van der Waals surface area (Å²) in [5.41, 5.74) is 3.01. The van der Waals surface area contributed by atoms with Gasteiger partial charge in [0.05, 0.1) is 9.90 Å². The Labute approximate surface area is 177 Å². The summed E-state index contributed by atoms with van der Waals surface area (Å²) < 4.78 is 16.3. The second-order valence-electron chi connectivity index (χ2n) is 7.23. The second-order valence-corrected chi connectivity index (χ2v) is 10.1. The lowest BCUT2D eigenvalue weighted by Crippen LogP contribution is -2.01. The minimum Gasteiger partial charge on any atom is -0.296 e. The van der Waals surface area contributed by atoms with Crippen molar-refractivity contribution < 1.29 is 9.18 Å². The largest absolute Gasteiger partial charge is 0.296 e. The number of thioether (sulfide) groups is 1. The Morgan fingerprint density at radius 3 is 2.83 bits per heavy atom. The summed E-state index contributed by atoms with van der Waals surface area (Å²) in [7, 11) is 0. The molecule has 1 saturated carbocycles. The maximum Gasteiger partial charge on any atom is 0.213 e. The van der Waals surface area contributed by atoms with Crippen molar-refractivity contribution in [2.75, 3.05) is 0 Å². The molecule has 7 heteroatoms. The molecule has 3 aromatic rings. The first-order chi connectivity index (χ1) is 14.0. The van der Waals surface area contributed by atoms with Crippen LogP contribution in [0, 0.1) is 30.5 Å². The molecule has 0 radical (unpaired) electrons. The Kier molecular flexibility index (Phi) is 5.57. The molecule has 0 unspecified atom stereocenters. The number of carbonyl (C=O) groups is 1. The maximum absolute atomic E-state index is 13.7. The van der Waals surface area contributed by atoms with Crippen molar-refractivity contribution in [3.63, 3.8) is 0 Å². The van der Waals surface area contributed by atoms with Gasteiger partial charge in [-0.3, -0.25) is 4.79 Å². The van der Waals surface area contributed by atoms with Crippen LogP contribution in [0.25, 0.3) is 16.3 Å². The van der Waals surface area contributed by atoms with Crippen molar-refractivity contribution in [2.45, 2.75) is 43.1 Å². The Bertz CT molecular complexity index is 1130. The summed E-state index contributed by atoms with van der Waals surface area (Å²) in [4.78, 5) is 16.7. The maximum atomic E-state index is 13.7. The standard InChI is InChI=1S/C22H20FN3OS2/c1-13(2)28-21-18(10-9-15-7-8-15)24-22(29-21)26-19(12-27)20(14(3)25-26)16-5-4-6-17(23)11-16/h4-6,11-13,15H,7-8H2,1-3H3. The lowest BCUT2D eigenvalue weighted by molar-refractivity contribution is 0.111. The van der Waals surface area contributed by atoms with Crippen LogP contribution in [0.3, 0.4) is 0 Å². The minimum absolute atomic E-state index is 0.353. The second kappa shape index (κ2) is 8.13. The quantitative estimate of drug-likeness (QED) is 0.307. The van der Waals surface area contributed by atoms with Gasteiger partial charge >= 0.3 is 0 Å². The highest BCUT2D eigenvalue weighted by molar-refractivity contribution is 8.01. The van der Waals surface area contributed by atoms with Gasteiger partial charge in [0.25, 0.3) is 0 Å². The predicted octanol–water partition coefficient (Wildman–Crippen LogP) is 5.52. The van der Waals surface area contributed by atoms with Gasteiger partial charge in [0.1, 0.15) is 17.2 Å². The number of thiazole rings is 1. The smallest absolute Gasteiger partial charge is 0.213 e. The van der Waals surface area contributed by atoms with Gasteiger partial charge in [0.15, 0.2) is 6.29 Å². The molecule has 0 amide bonds. The van der Waals surface area contributed by atoms with E-state index in [-0.39, 0.29) is 5.82 Å². The van der Waals surface area contributed by atoms with E-state index in [9.17, 15) is 9.18 Å². The first kappa shape index (κ1) is 19.9. The van der Waals surface area contributed by atoms with Crippen molar-refractivity contribution in [1.29, 1.82) is 0 Å². The number of benzene rings is 1. The van der Waals surface area contributed by atoms with Gasteiger partial charge in [-0.05, 0) is 43.4 Å². The Balaban J connectivity index is 1.81. The molecule has 0 atom stereocenters. The van der Waals surface area contributed by atoms with Crippen LogP contribution in [0.5, 0.6) is 0 Å². The number of hydrogen-bond donors (Lipinski definition) is 0.